The van der Waals surface area contributed by atoms with E-state index in [0.717, 1.165) is 37.7 Å². The zero-order chi connectivity index (χ0) is 12.4. The molecule has 0 saturated carbocycles. The zero-order valence-corrected chi connectivity index (χ0v) is 10.8. The molecular weight excluding hydrogens is 228 g/mol. The largest absolute Gasteiger partial charge is 0.486 e. The van der Waals surface area contributed by atoms with Gasteiger partial charge in [-0.15, -0.1) is 0 Å². The van der Waals surface area contributed by atoms with Crippen LogP contribution < -0.4 is 14.8 Å². The predicted molar refractivity (Wildman–Crippen MR) is 70.5 cm³/mol. The van der Waals surface area contributed by atoms with Gasteiger partial charge in [0.2, 0.25) is 0 Å². The lowest BCUT2D eigenvalue weighted by Crippen LogP contribution is -2.25. The van der Waals surface area contributed by atoms with Crippen LogP contribution in [0.1, 0.15) is 11.5 Å². The predicted octanol–water partition coefficient (Wildman–Crippen LogP) is 1.08. The van der Waals surface area contributed by atoms with Crippen molar-refractivity contribution in [3.8, 4) is 11.5 Å². The summed E-state index contributed by atoms with van der Waals surface area (Å²) in [4.78, 5) is 2.38. The van der Waals surface area contributed by atoms with Crippen LogP contribution in [0, 0.1) is 0 Å². The standard InChI is InChI=1S/C14H20N2O2/c1-16-5-4-15-9-12(10-16)11-2-3-13-14(8-11)18-7-6-17-13/h2-3,8,12,15H,4-7,9-10H2,1H3. The van der Waals surface area contributed by atoms with E-state index in [-0.39, 0.29) is 0 Å². The van der Waals surface area contributed by atoms with Crippen molar-refractivity contribution in [1.29, 1.82) is 0 Å². The van der Waals surface area contributed by atoms with Crippen molar-refractivity contribution in [2.45, 2.75) is 5.92 Å². The number of hydrogen-bond donors (Lipinski definition) is 1. The van der Waals surface area contributed by atoms with E-state index in [2.05, 4.69) is 29.4 Å². The fourth-order valence-corrected chi connectivity index (χ4v) is 2.62. The first-order valence-electron chi connectivity index (χ1n) is 6.62. The summed E-state index contributed by atoms with van der Waals surface area (Å²) in [7, 11) is 2.18. The highest BCUT2D eigenvalue weighted by molar-refractivity contribution is 5.45. The normalized spacial score (nSPS) is 24.6. The SMILES string of the molecule is CN1CCNCC(c2ccc3c(c2)OCCO3)C1. The molecule has 1 aromatic carbocycles. The Bertz CT molecular complexity index is 422. The molecule has 0 spiro atoms. The second-order valence-electron chi connectivity index (χ2n) is 5.07. The van der Waals surface area contributed by atoms with Gasteiger partial charge in [-0.05, 0) is 24.7 Å². The van der Waals surface area contributed by atoms with Gasteiger partial charge in [-0.2, -0.15) is 0 Å². The molecule has 1 saturated heterocycles. The molecule has 0 bridgehead atoms. The fraction of sp³-hybridized carbons (Fsp3) is 0.571. The summed E-state index contributed by atoms with van der Waals surface area (Å²) in [5.41, 5.74) is 1.33. The summed E-state index contributed by atoms with van der Waals surface area (Å²) in [5.74, 6) is 2.29. The first kappa shape index (κ1) is 11.8. The topological polar surface area (TPSA) is 33.7 Å². The molecule has 0 aromatic heterocycles. The van der Waals surface area contributed by atoms with Gasteiger partial charge in [0.05, 0.1) is 0 Å². The van der Waals surface area contributed by atoms with Gasteiger partial charge in [0.15, 0.2) is 11.5 Å². The van der Waals surface area contributed by atoms with Crippen LogP contribution in [-0.4, -0.2) is 51.3 Å². The van der Waals surface area contributed by atoms with Crippen molar-refractivity contribution in [1.82, 2.24) is 10.2 Å². The quantitative estimate of drug-likeness (QED) is 0.806. The minimum Gasteiger partial charge on any atom is -0.486 e. The minimum absolute atomic E-state index is 0.522. The number of ether oxygens (including phenoxy) is 2. The lowest BCUT2D eigenvalue weighted by atomic mass is 9.98. The minimum atomic E-state index is 0.522. The van der Waals surface area contributed by atoms with Gasteiger partial charge in [0, 0.05) is 32.1 Å². The number of hydrogen-bond acceptors (Lipinski definition) is 4. The highest BCUT2D eigenvalue weighted by Crippen LogP contribution is 2.33. The van der Waals surface area contributed by atoms with Gasteiger partial charge in [-0.25, -0.2) is 0 Å². The van der Waals surface area contributed by atoms with Gasteiger partial charge < -0.3 is 19.7 Å². The summed E-state index contributed by atoms with van der Waals surface area (Å²) < 4.78 is 11.2. The number of nitrogens with zero attached hydrogens (tertiary/aromatic N) is 1. The lowest BCUT2D eigenvalue weighted by molar-refractivity contribution is 0.171. The summed E-state index contributed by atoms with van der Waals surface area (Å²) in [5, 5.41) is 3.49. The summed E-state index contributed by atoms with van der Waals surface area (Å²) in [6.45, 7) is 5.61. The van der Waals surface area contributed by atoms with Crippen LogP contribution in [0.3, 0.4) is 0 Å². The molecule has 3 rings (SSSR count). The molecule has 1 unspecified atom stereocenters. The summed E-state index contributed by atoms with van der Waals surface area (Å²) in [6.07, 6.45) is 0. The van der Waals surface area contributed by atoms with Gasteiger partial charge in [0.1, 0.15) is 13.2 Å². The second kappa shape index (κ2) is 5.16. The van der Waals surface area contributed by atoms with E-state index in [1.807, 2.05) is 6.07 Å². The first-order valence-corrected chi connectivity index (χ1v) is 6.62. The second-order valence-corrected chi connectivity index (χ2v) is 5.07. The maximum absolute atomic E-state index is 5.65. The molecule has 1 N–H and O–H groups in total. The average Bonchev–Trinajstić information content (AvgIpc) is 2.63. The van der Waals surface area contributed by atoms with E-state index in [1.165, 1.54) is 5.56 Å². The lowest BCUT2D eigenvalue weighted by Gasteiger charge is -2.23. The Balaban J connectivity index is 1.82. The number of fused-ring (bicyclic) bond motifs is 1. The molecule has 4 nitrogen and oxygen atoms in total. The Kier molecular flexibility index (Phi) is 3.39. The number of rotatable bonds is 1. The first-order chi connectivity index (χ1) is 8.83. The van der Waals surface area contributed by atoms with Crippen LogP contribution in [0.5, 0.6) is 11.5 Å². The molecule has 2 heterocycles. The molecule has 98 valence electrons. The molecular formula is C14H20N2O2. The van der Waals surface area contributed by atoms with Crippen molar-refractivity contribution in [2.75, 3.05) is 46.4 Å². The summed E-state index contributed by atoms with van der Waals surface area (Å²) in [6, 6.07) is 6.34. The molecule has 1 fully saturated rings. The van der Waals surface area contributed by atoms with Crippen molar-refractivity contribution >= 4 is 0 Å². The van der Waals surface area contributed by atoms with E-state index in [0.29, 0.717) is 19.1 Å². The van der Waals surface area contributed by atoms with E-state index in [4.69, 9.17) is 9.47 Å². The van der Waals surface area contributed by atoms with E-state index >= 15 is 0 Å². The monoisotopic (exact) mass is 248 g/mol. The van der Waals surface area contributed by atoms with Crippen LogP contribution >= 0.6 is 0 Å². The molecule has 1 aromatic rings. The van der Waals surface area contributed by atoms with E-state index in [1.54, 1.807) is 0 Å². The van der Waals surface area contributed by atoms with Crippen LogP contribution in [-0.2, 0) is 0 Å². The van der Waals surface area contributed by atoms with Crippen molar-refractivity contribution in [2.24, 2.45) is 0 Å². The maximum Gasteiger partial charge on any atom is 0.161 e. The Morgan fingerprint density at radius 2 is 2.06 bits per heavy atom. The molecule has 2 aliphatic heterocycles. The van der Waals surface area contributed by atoms with Crippen molar-refractivity contribution in [3.63, 3.8) is 0 Å². The molecule has 18 heavy (non-hydrogen) atoms. The highest BCUT2D eigenvalue weighted by atomic mass is 16.6. The Morgan fingerprint density at radius 1 is 1.22 bits per heavy atom. The number of nitrogens with one attached hydrogen (secondary N) is 1. The zero-order valence-electron chi connectivity index (χ0n) is 10.8. The third-order valence-electron chi connectivity index (χ3n) is 3.63. The molecule has 0 aliphatic carbocycles. The third kappa shape index (κ3) is 2.44. The smallest absolute Gasteiger partial charge is 0.161 e. The van der Waals surface area contributed by atoms with E-state index in [9.17, 15) is 0 Å². The average molecular weight is 248 g/mol. The Labute approximate surface area is 108 Å². The third-order valence-corrected chi connectivity index (χ3v) is 3.63. The Morgan fingerprint density at radius 3 is 2.94 bits per heavy atom. The molecule has 0 radical (unpaired) electrons. The number of benzene rings is 1. The maximum atomic E-state index is 5.65. The fourth-order valence-electron chi connectivity index (χ4n) is 2.62. The van der Waals surface area contributed by atoms with Gasteiger partial charge in [0.25, 0.3) is 0 Å². The Hall–Kier alpha value is -1.26. The van der Waals surface area contributed by atoms with Crippen LogP contribution in [0.2, 0.25) is 0 Å². The highest BCUT2D eigenvalue weighted by Gasteiger charge is 2.20. The molecule has 1 atom stereocenters. The van der Waals surface area contributed by atoms with Gasteiger partial charge in [-0.3, -0.25) is 0 Å². The van der Waals surface area contributed by atoms with Crippen LogP contribution in [0.25, 0.3) is 0 Å². The molecule has 2 aliphatic rings. The number of likely N-dealkylation sites (N-methyl/N-ethyl adjacent to an activating group) is 1. The molecule has 0 amide bonds. The van der Waals surface area contributed by atoms with Crippen molar-refractivity contribution < 1.29 is 9.47 Å². The van der Waals surface area contributed by atoms with Gasteiger partial charge >= 0.3 is 0 Å². The van der Waals surface area contributed by atoms with Gasteiger partial charge in [-0.1, -0.05) is 6.07 Å². The van der Waals surface area contributed by atoms with E-state index < -0.39 is 0 Å². The van der Waals surface area contributed by atoms with Crippen LogP contribution in [0.4, 0.5) is 0 Å². The molecule has 4 heteroatoms. The van der Waals surface area contributed by atoms with Crippen LogP contribution in [0.15, 0.2) is 18.2 Å². The summed E-state index contributed by atoms with van der Waals surface area (Å²) >= 11 is 0. The van der Waals surface area contributed by atoms with Crippen molar-refractivity contribution in [3.05, 3.63) is 23.8 Å².